The third-order valence-electron chi connectivity index (χ3n) is 6.19. The van der Waals surface area contributed by atoms with Crippen LogP contribution in [0.5, 0.6) is 0 Å². The minimum atomic E-state index is -3.49. The first-order valence-corrected chi connectivity index (χ1v) is 12.5. The van der Waals surface area contributed by atoms with Gasteiger partial charge in [0.1, 0.15) is 37.6 Å². The molecule has 30 heavy (non-hydrogen) atoms. The summed E-state index contributed by atoms with van der Waals surface area (Å²) in [6.45, 7) is 16.7. The molecule has 2 heterocycles. The lowest BCUT2D eigenvalue weighted by atomic mass is 10.1. The molecule has 0 amide bonds. The molecule has 166 valence electrons. The highest BCUT2D eigenvalue weighted by Crippen LogP contribution is 2.22. The Morgan fingerprint density at radius 2 is 1.67 bits per heavy atom. The molecule has 0 saturated carbocycles. The van der Waals surface area contributed by atoms with E-state index in [1.165, 1.54) is 20.3 Å². The summed E-state index contributed by atoms with van der Waals surface area (Å²) in [5.74, 6) is 0. The van der Waals surface area contributed by atoms with Gasteiger partial charge in [-0.2, -0.15) is 9.40 Å². The fourth-order valence-electron chi connectivity index (χ4n) is 4.51. The van der Waals surface area contributed by atoms with E-state index in [0.29, 0.717) is 23.7 Å². The highest BCUT2D eigenvalue weighted by molar-refractivity contribution is 7.89. The van der Waals surface area contributed by atoms with Crippen molar-refractivity contribution in [2.75, 3.05) is 39.3 Å². The Morgan fingerprint density at radius 3 is 2.27 bits per heavy atom. The zero-order chi connectivity index (χ0) is 21.9. The second kappa shape index (κ2) is 9.60. The van der Waals surface area contributed by atoms with Crippen molar-refractivity contribution >= 4 is 10.0 Å². The number of rotatable bonds is 8. The molecule has 2 aromatic rings. The van der Waals surface area contributed by atoms with E-state index in [-0.39, 0.29) is 0 Å². The maximum absolute atomic E-state index is 13.0. The molecule has 0 atom stereocenters. The van der Waals surface area contributed by atoms with Gasteiger partial charge < -0.3 is 9.80 Å². The van der Waals surface area contributed by atoms with Crippen LogP contribution in [-0.2, 0) is 23.2 Å². The molecule has 1 aliphatic heterocycles. The van der Waals surface area contributed by atoms with E-state index in [4.69, 9.17) is 0 Å². The quantitative estimate of drug-likeness (QED) is 0.603. The van der Waals surface area contributed by atoms with Crippen molar-refractivity contribution in [2.24, 2.45) is 0 Å². The van der Waals surface area contributed by atoms with E-state index in [1.807, 2.05) is 25.5 Å². The van der Waals surface area contributed by atoms with Gasteiger partial charge in [0.25, 0.3) is 0 Å². The molecule has 0 radical (unpaired) electrons. The summed E-state index contributed by atoms with van der Waals surface area (Å²) < 4.78 is 29.5. The van der Waals surface area contributed by atoms with Crippen LogP contribution >= 0.6 is 0 Å². The monoisotopic (exact) mass is 435 g/mol. The van der Waals surface area contributed by atoms with Crippen LogP contribution in [0.25, 0.3) is 0 Å². The lowest BCUT2D eigenvalue weighted by molar-refractivity contribution is -1.03. The minimum Gasteiger partial charge on any atom is -0.322 e. The van der Waals surface area contributed by atoms with Gasteiger partial charge in [-0.1, -0.05) is 43.7 Å². The van der Waals surface area contributed by atoms with E-state index in [2.05, 4.69) is 36.3 Å². The Bertz CT molecular complexity index is 958. The predicted octanol–water partition coefficient (Wildman–Crippen LogP) is -0.220. The van der Waals surface area contributed by atoms with Crippen molar-refractivity contribution in [1.82, 2.24) is 14.1 Å². The molecule has 1 aliphatic rings. The van der Waals surface area contributed by atoms with E-state index < -0.39 is 10.0 Å². The standard InChI is InChI=1S/C22H35N5O2S/c1-6-26(7-2)30(28,29)22-19(4)23-27(20(22)5)17-25-13-11-24(12-14-25)16-21-10-8-9-18(3)15-21/h8-10,15H,6-7,11-14,16-17H2,1-5H3/p+2. The molecule has 2 N–H and O–H groups in total. The molecule has 0 bridgehead atoms. The van der Waals surface area contributed by atoms with Gasteiger partial charge in [-0.3, -0.25) is 0 Å². The van der Waals surface area contributed by atoms with Crippen molar-refractivity contribution < 1.29 is 18.2 Å². The number of aryl methyl sites for hydroxylation is 2. The summed E-state index contributed by atoms with van der Waals surface area (Å²) in [7, 11) is -3.49. The Hall–Kier alpha value is -1.74. The van der Waals surface area contributed by atoms with E-state index in [0.717, 1.165) is 45.1 Å². The summed E-state index contributed by atoms with van der Waals surface area (Å²) in [5.41, 5.74) is 4.07. The molecule has 8 heteroatoms. The van der Waals surface area contributed by atoms with Gasteiger partial charge in [-0.25, -0.2) is 13.1 Å². The SMILES string of the molecule is CCN(CC)S(=O)(=O)c1c(C)nn(C[NH+]2CC[NH+](Cc3cccc(C)c3)CC2)c1C. The van der Waals surface area contributed by atoms with Crippen molar-refractivity contribution in [3.05, 3.63) is 46.8 Å². The van der Waals surface area contributed by atoms with Crippen LogP contribution in [0.2, 0.25) is 0 Å². The Balaban J connectivity index is 1.64. The second-order valence-electron chi connectivity index (χ2n) is 8.41. The van der Waals surface area contributed by atoms with Crippen molar-refractivity contribution in [2.45, 2.75) is 52.7 Å². The zero-order valence-electron chi connectivity index (χ0n) is 19.0. The van der Waals surface area contributed by atoms with Crippen LogP contribution in [0, 0.1) is 20.8 Å². The van der Waals surface area contributed by atoms with Gasteiger partial charge in [0.05, 0.1) is 11.4 Å². The van der Waals surface area contributed by atoms with Crippen LogP contribution in [0.4, 0.5) is 0 Å². The molecule has 0 spiro atoms. The molecule has 1 saturated heterocycles. The largest absolute Gasteiger partial charge is 0.322 e. The second-order valence-corrected chi connectivity index (χ2v) is 10.3. The number of aromatic nitrogens is 2. The first-order chi connectivity index (χ1) is 14.3. The molecule has 1 aromatic heterocycles. The topological polar surface area (TPSA) is 64.1 Å². The van der Waals surface area contributed by atoms with E-state index in [9.17, 15) is 8.42 Å². The van der Waals surface area contributed by atoms with Gasteiger partial charge in [0, 0.05) is 18.7 Å². The van der Waals surface area contributed by atoms with Gasteiger partial charge >= 0.3 is 0 Å². The zero-order valence-corrected chi connectivity index (χ0v) is 19.8. The Kier molecular flexibility index (Phi) is 7.34. The molecular weight excluding hydrogens is 398 g/mol. The van der Waals surface area contributed by atoms with Gasteiger partial charge in [0.2, 0.25) is 10.0 Å². The lowest BCUT2D eigenvalue weighted by Gasteiger charge is -2.30. The molecule has 0 aliphatic carbocycles. The number of nitrogens with one attached hydrogen (secondary N) is 2. The summed E-state index contributed by atoms with van der Waals surface area (Å²) in [6, 6.07) is 8.77. The van der Waals surface area contributed by atoms with Crippen LogP contribution < -0.4 is 9.80 Å². The smallest absolute Gasteiger partial charge is 0.246 e. The highest BCUT2D eigenvalue weighted by Gasteiger charge is 2.31. The maximum Gasteiger partial charge on any atom is 0.246 e. The number of sulfonamides is 1. The molecule has 1 aromatic carbocycles. The van der Waals surface area contributed by atoms with Gasteiger partial charge in [-0.15, -0.1) is 0 Å². The fraction of sp³-hybridized carbons (Fsp3) is 0.591. The summed E-state index contributed by atoms with van der Waals surface area (Å²) in [4.78, 5) is 3.46. The number of hydrogen-bond donors (Lipinski definition) is 2. The van der Waals surface area contributed by atoms with Gasteiger partial charge in [0.15, 0.2) is 6.67 Å². The van der Waals surface area contributed by atoms with Gasteiger partial charge in [-0.05, 0) is 20.8 Å². The third-order valence-corrected chi connectivity index (χ3v) is 8.50. The van der Waals surface area contributed by atoms with Crippen LogP contribution in [-0.4, -0.2) is 61.8 Å². The van der Waals surface area contributed by atoms with Crippen molar-refractivity contribution in [3.8, 4) is 0 Å². The summed E-state index contributed by atoms with van der Waals surface area (Å²) >= 11 is 0. The Labute approximate surface area is 181 Å². The average molecular weight is 436 g/mol. The van der Waals surface area contributed by atoms with Crippen LogP contribution in [0.15, 0.2) is 29.2 Å². The van der Waals surface area contributed by atoms with Crippen molar-refractivity contribution in [1.29, 1.82) is 0 Å². The molecule has 0 unspecified atom stereocenters. The van der Waals surface area contributed by atoms with E-state index >= 15 is 0 Å². The first-order valence-electron chi connectivity index (χ1n) is 11.0. The number of piperazine rings is 1. The number of quaternary nitrogens is 2. The van der Waals surface area contributed by atoms with Crippen LogP contribution in [0.3, 0.4) is 0 Å². The fourth-order valence-corrected chi connectivity index (χ4v) is 6.35. The molecule has 1 fully saturated rings. The maximum atomic E-state index is 13.0. The third kappa shape index (κ3) is 4.94. The summed E-state index contributed by atoms with van der Waals surface area (Å²) in [5, 5.41) is 4.60. The normalized spacial score (nSPS) is 20.1. The van der Waals surface area contributed by atoms with Crippen LogP contribution in [0.1, 0.15) is 36.4 Å². The number of benzene rings is 1. The number of hydrogen-bond acceptors (Lipinski definition) is 3. The minimum absolute atomic E-state index is 0.384. The lowest BCUT2D eigenvalue weighted by Crippen LogP contribution is -3.27. The number of nitrogens with zero attached hydrogens (tertiary/aromatic N) is 3. The molecule has 7 nitrogen and oxygen atoms in total. The Morgan fingerprint density at radius 1 is 1.03 bits per heavy atom. The average Bonchev–Trinajstić information content (AvgIpc) is 2.98. The summed E-state index contributed by atoms with van der Waals surface area (Å²) in [6.07, 6.45) is 0. The van der Waals surface area contributed by atoms with E-state index in [1.54, 1.807) is 11.8 Å². The predicted molar refractivity (Wildman–Crippen MR) is 118 cm³/mol. The first kappa shape index (κ1) is 22.9. The molecular formula is C22H37N5O2S+2. The molecule has 3 rings (SSSR count). The van der Waals surface area contributed by atoms with Crippen molar-refractivity contribution in [3.63, 3.8) is 0 Å². The highest BCUT2D eigenvalue weighted by atomic mass is 32.2.